The first kappa shape index (κ1) is 18.3. The van der Waals surface area contributed by atoms with Gasteiger partial charge in [-0.05, 0) is 49.9 Å². The molecule has 1 aromatic carbocycles. The van der Waals surface area contributed by atoms with Gasteiger partial charge in [-0.15, -0.1) is 0 Å². The average molecular weight is 382 g/mol. The Balaban J connectivity index is 1.26. The summed E-state index contributed by atoms with van der Waals surface area (Å²) in [6.07, 6.45) is 6.83. The zero-order chi connectivity index (χ0) is 19.2. The van der Waals surface area contributed by atoms with Gasteiger partial charge in [0.25, 0.3) is 0 Å². The summed E-state index contributed by atoms with van der Waals surface area (Å²) in [5.41, 5.74) is 0.737. The molecule has 0 saturated carbocycles. The molecule has 0 unspecified atom stereocenters. The second kappa shape index (κ2) is 8.77. The highest BCUT2D eigenvalue weighted by Gasteiger charge is 2.13. The van der Waals surface area contributed by atoms with Gasteiger partial charge in [0.05, 0.1) is 0 Å². The van der Waals surface area contributed by atoms with Crippen LogP contribution in [0, 0.1) is 5.82 Å². The number of rotatable bonds is 7. The summed E-state index contributed by atoms with van der Waals surface area (Å²) in [7, 11) is 0. The average Bonchev–Trinajstić information content (AvgIpc) is 3.22. The zero-order valence-corrected chi connectivity index (χ0v) is 15.6. The Morgan fingerprint density at radius 1 is 1.07 bits per heavy atom. The smallest absolute Gasteiger partial charge is 0.227 e. The summed E-state index contributed by atoms with van der Waals surface area (Å²) in [5, 5.41) is 7.29. The van der Waals surface area contributed by atoms with Gasteiger partial charge in [-0.25, -0.2) is 14.4 Å². The number of hydrogen-bond acceptors (Lipinski definition) is 7. The van der Waals surface area contributed by atoms with Crippen molar-refractivity contribution in [3.63, 3.8) is 0 Å². The van der Waals surface area contributed by atoms with Crippen LogP contribution >= 0.6 is 0 Å². The van der Waals surface area contributed by atoms with Gasteiger partial charge in [0, 0.05) is 37.7 Å². The third-order valence-electron chi connectivity index (χ3n) is 4.78. The Bertz CT molecular complexity index is 892. The Hall–Kier alpha value is -3.03. The topological polar surface area (TPSA) is 80.0 Å². The van der Waals surface area contributed by atoms with E-state index in [-0.39, 0.29) is 5.82 Å². The number of anilines is 2. The van der Waals surface area contributed by atoms with Gasteiger partial charge in [0.1, 0.15) is 23.8 Å². The molecule has 1 aliphatic heterocycles. The van der Waals surface area contributed by atoms with E-state index >= 15 is 0 Å². The van der Waals surface area contributed by atoms with Crippen molar-refractivity contribution in [2.24, 2.45) is 0 Å². The zero-order valence-electron chi connectivity index (χ0n) is 15.6. The van der Waals surface area contributed by atoms with Crippen molar-refractivity contribution in [1.82, 2.24) is 20.1 Å². The van der Waals surface area contributed by atoms with Gasteiger partial charge in [-0.1, -0.05) is 5.16 Å². The number of halogens is 1. The van der Waals surface area contributed by atoms with Gasteiger partial charge in [-0.2, -0.15) is 4.98 Å². The van der Waals surface area contributed by atoms with E-state index in [2.05, 4.69) is 30.3 Å². The van der Waals surface area contributed by atoms with Crippen LogP contribution in [0.25, 0.3) is 11.4 Å². The fourth-order valence-corrected chi connectivity index (χ4v) is 3.27. The first-order valence-corrected chi connectivity index (χ1v) is 9.67. The minimum absolute atomic E-state index is 0.285. The molecule has 28 heavy (non-hydrogen) atoms. The van der Waals surface area contributed by atoms with Gasteiger partial charge in [-0.3, -0.25) is 0 Å². The molecule has 0 spiro atoms. The number of aryl methyl sites for hydroxylation is 1. The van der Waals surface area contributed by atoms with E-state index in [1.165, 1.54) is 31.4 Å². The second-order valence-corrected chi connectivity index (χ2v) is 6.86. The normalized spacial score (nSPS) is 14.2. The fourth-order valence-electron chi connectivity index (χ4n) is 3.27. The molecule has 0 amide bonds. The largest absolute Gasteiger partial charge is 0.370 e. The van der Waals surface area contributed by atoms with E-state index in [1.54, 1.807) is 18.5 Å². The molecule has 0 aliphatic carbocycles. The molecule has 2 aromatic heterocycles. The molecule has 0 bridgehead atoms. The summed E-state index contributed by atoms with van der Waals surface area (Å²) < 4.78 is 18.3. The molecule has 1 saturated heterocycles. The molecule has 0 atom stereocenters. The SMILES string of the molecule is Fc1ccc(-c2noc(CCCNc3cc(N4CCCCC4)ncn3)n2)cc1. The van der Waals surface area contributed by atoms with E-state index < -0.39 is 0 Å². The van der Waals surface area contributed by atoms with Crippen molar-refractivity contribution < 1.29 is 8.91 Å². The van der Waals surface area contributed by atoms with E-state index in [4.69, 9.17) is 4.52 Å². The Kier molecular flexibility index (Phi) is 5.75. The van der Waals surface area contributed by atoms with Crippen molar-refractivity contribution in [3.05, 3.63) is 48.4 Å². The number of nitrogens with one attached hydrogen (secondary N) is 1. The standard InChI is InChI=1S/C20H23FN6O/c21-16-8-6-15(7-9-16)20-25-19(28-26-20)5-4-10-22-17-13-18(24-14-23-17)27-11-2-1-3-12-27/h6-9,13-14H,1-5,10-12H2,(H,22,23,24). The first-order chi connectivity index (χ1) is 13.8. The van der Waals surface area contributed by atoms with Crippen LogP contribution in [0.15, 0.2) is 41.2 Å². The van der Waals surface area contributed by atoms with Crippen molar-refractivity contribution in [2.75, 3.05) is 29.9 Å². The lowest BCUT2D eigenvalue weighted by Crippen LogP contribution is -2.30. The van der Waals surface area contributed by atoms with E-state index in [0.717, 1.165) is 43.3 Å². The minimum atomic E-state index is -0.285. The van der Waals surface area contributed by atoms with Crippen molar-refractivity contribution in [1.29, 1.82) is 0 Å². The molecular weight excluding hydrogens is 359 g/mol. The Labute approximate surface area is 163 Å². The summed E-state index contributed by atoms with van der Waals surface area (Å²) in [6, 6.07) is 8.05. The lowest BCUT2D eigenvalue weighted by molar-refractivity contribution is 0.377. The van der Waals surface area contributed by atoms with Gasteiger partial charge in [0.2, 0.25) is 11.7 Å². The monoisotopic (exact) mass is 382 g/mol. The molecule has 4 rings (SSSR count). The molecular formula is C20H23FN6O. The fraction of sp³-hybridized carbons (Fsp3) is 0.400. The lowest BCUT2D eigenvalue weighted by Gasteiger charge is -2.27. The highest BCUT2D eigenvalue weighted by atomic mass is 19.1. The van der Waals surface area contributed by atoms with Crippen LogP contribution in [0.3, 0.4) is 0 Å². The first-order valence-electron chi connectivity index (χ1n) is 9.67. The van der Waals surface area contributed by atoms with Gasteiger partial charge < -0.3 is 14.7 Å². The Morgan fingerprint density at radius 2 is 1.89 bits per heavy atom. The van der Waals surface area contributed by atoms with Crippen LogP contribution in [-0.2, 0) is 6.42 Å². The molecule has 1 aliphatic rings. The predicted octanol–water partition coefficient (Wildman–Crippen LogP) is 3.70. The van der Waals surface area contributed by atoms with Crippen LogP contribution in [0.5, 0.6) is 0 Å². The third kappa shape index (κ3) is 4.62. The van der Waals surface area contributed by atoms with Gasteiger partial charge in [0.15, 0.2) is 0 Å². The third-order valence-corrected chi connectivity index (χ3v) is 4.78. The van der Waals surface area contributed by atoms with Crippen LogP contribution < -0.4 is 10.2 Å². The summed E-state index contributed by atoms with van der Waals surface area (Å²) in [6.45, 7) is 2.86. The maximum atomic E-state index is 13.0. The molecule has 1 N–H and O–H groups in total. The van der Waals surface area contributed by atoms with E-state index in [1.807, 2.05) is 6.07 Å². The van der Waals surface area contributed by atoms with Crippen molar-refractivity contribution in [2.45, 2.75) is 32.1 Å². The summed E-state index contributed by atoms with van der Waals surface area (Å²) in [5.74, 6) is 2.57. The number of aromatic nitrogens is 4. The lowest BCUT2D eigenvalue weighted by atomic mass is 10.1. The maximum Gasteiger partial charge on any atom is 0.227 e. The number of benzene rings is 1. The molecule has 3 aromatic rings. The van der Waals surface area contributed by atoms with Crippen LogP contribution in [0.4, 0.5) is 16.0 Å². The van der Waals surface area contributed by atoms with Crippen LogP contribution in [0.1, 0.15) is 31.6 Å². The number of nitrogens with zero attached hydrogens (tertiary/aromatic N) is 5. The number of hydrogen-bond donors (Lipinski definition) is 1. The second-order valence-electron chi connectivity index (χ2n) is 6.86. The highest BCUT2D eigenvalue weighted by Crippen LogP contribution is 2.19. The van der Waals surface area contributed by atoms with Crippen molar-refractivity contribution in [3.8, 4) is 11.4 Å². The molecule has 0 radical (unpaired) electrons. The Morgan fingerprint density at radius 3 is 2.71 bits per heavy atom. The van der Waals surface area contributed by atoms with Crippen LogP contribution in [-0.4, -0.2) is 39.7 Å². The maximum absolute atomic E-state index is 13.0. The predicted molar refractivity (Wildman–Crippen MR) is 105 cm³/mol. The molecule has 7 nitrogen and oxygen atoms in total. The van der Waals surface area contributed by atoms with E-state index in [0.29, 0.717) is 18.1 Å². The quantitative estimate of drug-likeness (QED) is 0.624. The van der Waals surface area contributed by atoms with E-state index in [9.17, 15) is 4.39 Å². The summed E-state index contributed by atoms with van der Waals surface area (Å²) in [4.78, 5) is 15.4. The molecule has 1 fully saturated rings. The van der Waals surface area contributed by atoms with Crippen LogP contribution in [0.2, 0.25) is 0 Å². The minimum Gasteiger partial charge on any atom is -0.370 e. The molecule has 146 valence electrons. The molecule has 3 heterocycles. The summed E-state index contributed by atoms with van der Waals surface area (Å²) >= 11 is 0. The van der Waals surface area contributed by atoms with Gasteiger partial charge >= 0.3 is 0 Å². The molecule has 8 heteroatoms. The highest BCUT2D eigenvalue weighted by molar-refractivity contribution is 5.53. The van der Waals surface area contributed by atoms with Crippen molar-refractivity contribution >= 4 is 11.6 Å². The number of piperidine rings is 1.